The zero-order valence-electron chi connectivity index (χ0n) is 12.2. The van der Waals surface area contributed by atoms with E-state index in [1.54, 1.807) is 11.1 Å². The van der Waals surface area contributed by atoms with Crippen LogP contribution in [0.1, 0.15) is 23.6 Å². The second kappa shape index (κ2) is 6.23. The van der Waals surface area contributed by atoms with E-state index in [1.807, 2.05) is 0 Å². The van der Waals surface area contributed by atoms with Crippen LogP contribution in [0.25, 0.3) is 0 Å². The van der Waals surface area contributed by atoms with Crippen molar-refractivity contribution >= 4 is 0 Å². The summed E-state index contributed by atoms with van der Waals surface area (Å²) in [6, 6.07) is 20.4. The third-order valence-corrected chi connectivity index (χ3v) is 4.42. The number of fused-ring (bicyclic) bond motifs is 1. The number of benzene rings is 2. The molecule has 1 unspecified atom stereocenters. The maximum atomic E-state index is 3.71. The number of hydrogen-bond acceptors (Lipinski definition) is 1. The third kappa shape index (κ3) is 2.94. The molecule has 1 N–H and O–H groups in total. The van der Waals surface area contributed by atoms with Gasteiger partial charge in [0, 0.05) is 6.04 Å². The van der Waals surface area contributed by atoms with Gasteiger partial charge >= 0.3 is 0 Å². The first-order chi connectivity index (χ1) is 9.86. The van der Waals surface area contributed by atoms with E-state index in [9.17, 15) is 0 Å². The second-order valence-corrected chi connectivity index (χ2v) is 5.79. The Morgan fingerprint density at radius 3 is 2.15 bits per heavy atom. The van der Waals surface area contributed by atoms with Crippen LogP contribution in [0.15, 0.2) is 54.6 Å². The molecule has 0 saturated heterocycles. The monoisotopic (exact) mass is 265 g/mol. The molecule has 1 aliphatic rings. The highest BCUT2D eigenvalue weighted by Crippen LogP contribution is 2.29. The Hall–Kier alpha value is -1.60. The molecular formula is C19H23N. The summed E-state index contributed by atoms with van der Waals surface area (Å²) in [5, 5.41) is 3.71. The van der Waals surface area contributed by atoms with Gasteiger partial charge in [-0.25, -0.2) is 0 Å². The van der Waals surface area contributed by atoms with Crippen LogP contribution in [0.5, 0.6) is 0 Å². The van der Waals surface area contributed by atoms with Gasteiger partial charge in [-0.1, -0.05) is 61.5 Å². The minimum Gasteiger partial charge on any atom is -0.314 e. The molecule has 20 heavy (non-hydrogen) atoms. The highest BCUT2D eigenvalue weighted by Gasteiger charge is 2.27. The molecule has 104 valence electrons. The van der Waals surface area contributed by atoms with E-state index in [2.05, 4.69) is 66.8 Å². The number of hydrogen-bond donors (Lipinski definition) is 1. The Morgan fingerprint density at radius 1 is 0.950 bits per heavy atom. The quantitative estimate of drug-likeness (QED) is 0.870. The smallest absolute Gasteiger partial charge is 0.0142 e. The molecule has 0 saturated carbocycles. The first kappa shape index (κ1) is 13.4. The van der Waals surface area contributed by atoms with Crippen LogP contribution in [0.4, 0.5) is 0 Å². The summed E-state index contributed by atoms with van der Waals surface area (Å²) in [5.41, 5.74) is 4.54. The van der Waals surface area contributed by atoms with Crippen LogP contribution < -0.4 is 5.32 Å². The Morgan fingerprint density at radius 2 is 1.55 bits per heavy atom. The Labute approximate surface area is 122 Å². The molecule has 1 atom stereocenters. The normalized spacial score (nSPS) is 16.1. The van der Waals surface area contributed by atoms with Crippen LogP contribution >= 0.6 is 0 Å². The van der Waals surface area contributed by atoms with Crippen molar-refractivity contribution in [1.82, 2.24) is 5.32 Å². The SMILES string of the molecule is CCNC(Cc1ccccc1)C1Cc2ccccc2C1. The summed E-state index contributed by atoms with van der Waals surface area (Å²) in [4.78, 5) is 0. The summed E-state index contributed by atoms with van der Waals surface area (Å²) in [6.45, 7) is 3.25. The van der Waals surface area contributed by atoms with Gasteiger partial charge in [-0.15, -0.1) is 0 Å². The van der Waals surface area contributed by atoms with Gasteiger partial charge in [-0.2, -0.15) is 0 Å². The van der Waals surface area contributed by atoms with Gasteiger partial charge in [-0.3, -0.25) is 0 Å². The average molecular weight is 265 g/mol. The van der Waals surface area contributed by atoms with Gasteiger partial charge in [0.15, 0.2) is 0 Å². The molecule has 0 aliphatic heterocycles. The van der Waals surface area contributed by atoms with Gasteiger partial charge in [-0.05, 0) is 48.4 Å². The lowest BCUT2D eigenvalue weighted by atomic mass is 9.91. The van der Waals surface area contributed by atoms with E-state index in [4.69, 9.17) is 0 Å². The molecule has 0 bridgehead atoms. The molecule has 1 nitrogen and oxygen atoms in total. The topological polar surface area (TPSA) is 12.0 Å². The van der Waals surface area contributed by atoms with E-state index in [-0.39, 0.29) is 0 Å². The zero-order chi connectivity index (χ0) is 13.8. The molecule has 0 aromatic heterocycles. The van der Waals surface area contributed by atoms with Crippen LogP contribution in [-0.2, 0) is 19.3 Å². The maximum absolute atomic E-state index is 3.71. The van der Waals surface area contributed by atoms with Gasteiger partial charge in [0.2, 0.25) is 0 Å². The van der Waals surface area contributed by atoms with Crippen molar-refractivity contribution in [1.29, 1.82) is 0 Å². The Kier molecular flexibility index (Phi) is 4.17. The molecular weight excluding hydrogens is 242 g/mol. The van der Waals surface area contributed by atoms with Crippen molar-refractivity contribution in [2.75, 3.05) is 6.54 Å². The summed E-state index contributed by atoms with van der Waals surface area (Å²) in [7, 11) is 0. The molecule has 2 aromatic rings. The Bertz CT molecular complexity index is 522. The lowest BCUT2D eigenvalue weighted by Gasteiger charge is -2.24. The van der Waals surface area contributed by atoms with Crippen LogP contribution in [0.3, 0.4) is 0 Å². The summed E-state index contributed by atoms with van der Waals surface area (Å²) in [5.74, 6) is 0.729. The Balaban J connectivity index is 1.72. The zero-order valence-corrected chi connectivity index (χ0v) is 12.2. The maximum Gasteiger partial charge on any atom is 0.0142 e. The average Bonchev–Trinajstić information content (AvgIpc) is 2.92. The third-order valence-electron chi connectivity index (χ3n) is 4.42. The van der Waals surface area contributed by atoms with Gasteiger partial charge in [0.05, 0.1) is 0 Å². The van der Waals surface area contributed by atoms with Crippen LogP contribution in [-0.4, -0.2) is 12.6 Å². The van der Waals surface area contributed by atoms with Crippen molar-refractivity contribution in [2.24, 2.45) is 5.92 Å². The lowest BCUT2D eigenvalue weighted by molar-refractivity contribution is 0.368. The fraction of sp³-hybridized carbons (Fsp3) is 0.368. The standard InChI is InChI=1S/C19H23N/c1-2-20-19(12-15-8-4-3-5-9-15)18-13-16-10-6-7-11-17(16)14-18/h3-11,18-20H,2,12-14H2,1H3. The van der Waals surface area contributed by atoms with Crippen molar-refractivity contribution in [3.8, 4) is 0 Å². The molecule has 1 aliphatic carbocycles. The summed E-state index contributed by atoms with van der Waals surface area (Å²) in [6.07, 6.45) is 3.58. The van der Waals surface area contributed by atoms with E-state index < -0.39 is 0 Å². The lowest BCUT2D eigenvalue weighted by Crippen LogP contribution is -2.38. The summed E-state index contributed by atoms with van der Waals surface area (Å²) >= 11 is 0. The fourth-order valence-corrected chi connectivity index (χ4v) is 3.41. The van der Waals surface area contributed by atoms with E-state index in [1.165, 1.54) is 18.4 Å². The van der Waals surface area contributed by atoms with Gasteiger partial charge < -0.3 is 5.32 Å². The number of likely N-dealkylation sites (N-methyl/N-ethyl adjacent to an activating group) is 1. The largest absolute Gasteiger partial charge is 0.314 e. The van der Waals surface area contributed by atoms with Crippen molar-refractivity contribution in [3.05, 3.63) is 71.3 Å². The predicted molar refractivity (Wildman–Crippen MR) is 85.0 cm³/mol. The molecule has 0 radical (unpaired) electrons. The number of rotatable bonds is 5. The van der Waals surface area contributed by atoms with Crippen LogP contribution in [0, 0.1) is 5.92 Å². The fourth-order valence-electron chi connectivity index (χ4n) is 3.41. The van der Waals surface area contributed by atoms with E-state index in [0.717, 1.165) is 18.9 Å². The number of nitrogens with one attached hydrogen (secondary N) is 1. The van der Waals surface area contributed by atoms with E-state index in [0.29, 0.717) is 6.04 Å². The van der Waals surface area contributed by atoms with Crippen LogP contribution in [0.2, 0.25) is 0 Å². The first-order valence-corrected chi connectivity index (χ1v) is 7.71. The molecule has 0 spiro atoms. The molecule has 1 heteroatoms. The second-order valence-electron chi connectivity index (χ2n) is 5.79. The molecule has 2 aromatic carbocycles. The van der Waals surface area contributed by atoms with E-state index >= 15 is 0 Å². The predicted octanol–water partition coefficient (Wildman–Crippen LogP) is 3.62. The summed E-state index contributed by atoms with van der Waals surface area (Å²) < 4.78 is 0. The van der Waals surface area contributed by atoms with Crippen molar-refractivity contribution in [2.45, 2.75) is 32.2 Å². The minimum atomic E-state index is 0.579. The molecule has 3 rings (SSSR count). The molecule has 0 fully saturated rings. The van der Waals surface area contributed by atoms with Crippen molar-refractivity contribution < 1.29 is 0 Å². The van der Waals surface area contributed by atoms with Gasteiger partial charge in [0.25, 0.3) is 0 Å². The first-order valence-electron chi connectivity index (χ1n) is 7.71. The van der Waals surface area contributed by atoms with Crippen molar-refractivity contribution in [3.63, 3.8) is 0 Å². The highest BCUT2D eigenvalue weighted by atomic mass is 14.9. The molecule has 0 heterocycles. The molecule has 0 amide bonds. The van der Waals surface area contributed by atoms with Gasteiger partial charge in [0.1, 0.15) is 0 Å². The minimum absolute atomic E-state index is 0.579. The highest BCUT2D eigenvalue weighted by molar-refractivity contribution is 5.33.